The van der Waals surface area contributed by atoms with Crippen LogP contribution in [-0.2, 0) is 0 Å². The first-order valence-corrected chi connectivity index (χ1v) is 6.10. The number of halogens is 5. The van der Waals surface area contributed by atoms with Gasteiger partial charge in [0, 0.05) is 11.1 Å². The lowest BCUT2D eigenvalue weighted by Crippen LogP contribution is -2.06. The average molecular weight is 337 g/mol. The fraction of sp³-hybridized carbons (Fsp3) is 0.0833. The van der Waals surface area contributed by atoms with Gasteiger partial charge in [-0.3, -0.25) is 0 Å². The monoisotopic (exact) mass is 336 g/mol. The lowest BCUT2D eigenvalue weighted by molar-refractivity contribution is 0.0690. The van der Waals surface area contributed by atoms with Crippen molar-refractivity contribution in [3.63, 3.8) is 0 Å². The van der Waals surface area contributed by atoms with Gasteiger partial charge in [0.15, 0.2) is 16.7 Å². The Labute approximate surface area is 126 Å². The zero-order valence-corrected chi connectivity index (χ0v) is 11.5. The molecule has 0 radical (unpaired) electrons. The molecule has 0 fully saturated rings. The molecule has 1 aromatic heterocycles. The van der Waals surface area contributed by atoms with Crippen LogP contribution >= 0.6 is 23.2 Å². The van der Waals surface area contributed by atoms with Crippen LogP contribution in [0.25, 0.3) is 11.3 Å². The Bertz CT molecular complexity index is 726. The highest BCUT2D eigenvalue weighted by molar-refractivity contribution is 6.32. The van der Waals surface area contributed by atoms with Crippen molar-refractivity contribution in [2.75, 3.05) is 0 Å². The maximum Gasteiger partial charge on any atom is 0.357 e. The van der Waals surface area contributed by atoms with E-state index in [4.69, 9.17) is 28.3 Å². The third-order valence-electron chi connectivity index (χ3n) is 2.55. The minimum absolute atomic E-state index is 0.396. The molecule has 1 N–H and O–H groups in total. The quantitative estimate of drug-likeness (QED) is 0.911. The first-order chi connectivity index (χ1) is 9.82. The third-order valence-corrected chi connectivity index (χ3v) is 3.12. The molecule has 2 aromatic rings. The summed E-state index contributed by atoms with van der Waals surface area (Å²) in [4.78, 5) is 18.0. The Hall–Kier alpha value is -1.86. The van der Waals surface area contributed by atoms with E-state index < -0.39 is 50.9 Å². The van der Waals surface area contributed by atoms with E-state index in [1.807, 2.05) is 0 Å². The number of aromatic nitrogens is 2. The molecule has 0 unspecified atom stereocenters. The van der Waals surface area contributed by atoms with Gasteiger partial charge >= 0.3 is 5.97 Å². The summed E-state index contributed by atoms with van der Waals surface area (Å²) >= 11 is 11.1. The molecule has 0 aliphatic carbocycles. The van der Waals surface area contributed by atoms with Crippen molar-refractivity contribution >= 4 is 29.2 Å². The van der Waals surface area contributed by atoms with Gasteiger partial charge in [-0.15, -0.1) is 0 Å². The SMILES string of the molecule is O=C(O)c1nc(-c2c(C(F)F)ccc(Cl)c2F)cnc1Cl. The molecule has 1 aromatic carbocycles. The second-order valence-corrected chi connectivity index (χ2v) is 4.59. The van der Waals surface area contributed by atoms with E-state index in [1.54, 1.807) is 0 Å². The molecular weight excluding hydrogens is 332 g/mol. The van der Waals surface area contributed by atoms with Gasteiger partial charge in [-0.1, -0.05) is 29.3 Å². The van der Waals surface area contributed by atoms with Crippen molar-refractivity contribution in [1.82, 2.24) is 9.97 Å². The van der Waals surface area contributed by atoms with Crippen molar-refractivity contribution in [3.05, 3.63) is 45.6 Å². The highest BCUT2D eigenvalue weighted by Crippen LogP contribution is 2.35. The summed E-state index contributed by atoms with van der Waals surface area (Å²) in [7, 11) is 0. The summed E-state index contributed by atoms with van der Waals surface area (Å²) in [5.74, 6) is -2.65. The highest BCUT2D eigenvalue weighted by Gasteiger charge is 2.23. The van der Waals surface area contributed by atoms with Crippen molar-refractivity contribution in [3.8, 4) is 11.3 Å². The van der Waals surface area contributed by atoms with Crippen molar-refractivity contribution < 1.29 is 23.1 Å². The smallest absolute Gasteiger partial charge is 0.357 e. The third kappa shape index (κ3) is 2.93. The Morgan fingerprint density at radius 3 is 2.52 bits per heavy atom. The number of alkyl halides is 2. The maximum absolute atomic E-state index is 14.0. The summed E-state index contributed by atoms with van der Waals surface area (Å²) in [5, 5.41) is 8.05. The predicted molar refractivity (Wildman–Crippen MR) is 69.4 cm³/mol. The van der Waals surface area contributed by atoms with E-state index in [1.165, 1.54) is 0 Å². The summed E-state index contributed by atoms with van der Waals surface area (Å²) in [6.45, 7) is 0. The van der Waals surface area contributed by atoms with E-state index in [0.29, 0.717) is 0 Å². The minimum Gasteiger partial charge on any atom is -0.476 e. The number of carboxylic acids is 1. The molecule has 0 saturated heterocycles. The van der Waals surface area contributed by atoms with Gasteiger partial charge < -0.3 is 5.11 Å². The summed E-state index contributed by atoms with van der Waals surface area (Å²) in [5.41, 5.74) is -2.35. The van der Waals surface area contributed by atoms with Gasteiger partial charge in [0.1, 0.15) is 0 Å². The molecule has 0 atom stereocenters. The second kappa shape index (κ2) is 5.87. The molecule has 2 rings (SSSR count). The molecule has 0 bridgehead atoms. The number of benzene rings is 1. The van der Waals surface area contributed by atoms with Gasteiger partial charge in [0.25, 0.3) is 6.43 Å². The number of hydrogen-bond donors (Lipinski definition) is 1. The van der Waals surface area contributed by atoms with Crippen LogP contribution < -0.4 is 0 Å². The van der Waals surface area contributed by atoms with Crippen molar-refractivity contribution in [2.24, 2.45) is 0 Å². The molecule has 0 saturated carbocycles. The van der Waals surface area contributed by atoms with E-state index in [-0.39, 0.29) is 0 Å². The van der Waals surface area contributed by atoms with E-state index in [9.17, 15) is 18.0 Å². The molecule has 9 heteroatoms. The number of nitrogens with zero attached hydrogens (tertiary/aromatic N) is 2. The van der Waals surface area contributed by atoms with Crippen LogP contribution in [0.3, 0.4) is 0 Å². The normalized spacial score (nSPS) is 11.0. The molecule has 1 heterocycles. The van der Waals surface area contributed by atoms with Crippen LogP contribution in [0.1, 0.15) is 22.5 Å². The summed E-state index contributed by atoms with van der Waals surface area (Å²) < 4.78 is 40.0. The van der Waals surface area contributed by atoms with Gasteiger partial charge in [-0.05, 0) is 6.07 Å². The summed E-state index contributed by atoms with van der Waals surface area (Å²) in [6, 6.07) is 1.91. The number of hydrogen-bond acceptors (Lipinski definition) is 3. The van der Waals surface area contributed by atoms with Crippen molar-refractivity contribution in [1.29, 1.82) is 0 Å². The van der Waals surface area contributed by atoms with Crippen LogP contribution in [0.5, 0.6) is 0 Å². The number of carboxylic acid groups (broad SMARTS) is 1. The Kier molecular flexibility index (Phi) is 4.34. The van der Waals surface area contributed by atoms with E-state index in [0.717, 1.165) is 18.3 Å². The van der Waals surface area contributed by atoms with Crippen LogP contribution in [-0.4, -0.2) is 21.0 Å². The largest absolute Gasteiger partial charge is 0.476 e. The molecule has 0 amide bonds. The molecule has 0 aliphatic rings. The zero-order chi connectivity index (χ0) is 15.7. The molecular formula is C12H5Cl2F3N2O2. The molecule has 4 nitrogen and oxygen atoms in total. The zero-order valence-electron chi connectivity index (χ0n) is 9.95. The van der Waals surface area contributed by atoms with Crippen LogP contribution in [0, 0.1) is 5.82 Å². The Balaban J connectivity index is 2.75. The van der Waals surface area contributed by atoms with Gasteiger partial charge in [-0.2, -0.15) is 0 Å². The van der Waals surface area contributed by atoms with Gasteiger partial charge in [0.05, 0.1) is 16.9 Å². The van der Waals surface area contributed by atoms with E-state index in [2.05, 4.69) is 9.97 Å². The number of rotatable bonds is 3. The number of aromatic carboxylic acids is 1. The molecule has 0 spiro atoms. The molecule has 0 aliphatic heterocycles. The summed E-state index contributed by atoms with van der Waals surface area (Å²) in [6.07, 6.45) is -2.10. The lowest BCUT2D eigenvalue weighted by atomic mass is 10.0. The van der Waals surface area contributed by atoms with Crippen LogP contribution in [0.2, 0.25) is 10.2 Å². The first-order valence-electron chi connectivity index (χ1n) is 5.35. The predicted octanol–water partition coefficient (Wildman–Crippen LogP) is 4.23. The van der Waals surface area contributed by atoms with Gasteiger partial charge in [-0.25, -0.2) is 27.9 Å². The van der Waals surface area contributed by atoms with Gasteiger partial charge in [0.2, 0.25) is 0 Å². The standard InChI is InChI=1S/C12H5Cl2F3N2O2/c13-5-2-1-4(11(16)17)7(8(5)15)6-3-18-10(14)9(19-6)12(20)21/h1-3,11H,(H,20,21). The fourth-order valence-corrected chi connectivity index (χ4v) is 1.97. The molecule has 110 valence electrons. The maximum atomic E-state index is 14.0. The Morgan fingerprint density at radius 2 is 1.95 bits per heavy atom. The Morgan fingerprint density at radius 1 is 1.29 bits per heavy atom. The lowest BCUT2D eigenvalue weighted by Gasteiger charge is -2.11. The van der Waals surface area contributed by atoms with Crippen LogP contribution in [0.15, 0.2) is 18.3 Å². The minimum atomic E-state index is -3.00. The van der Waals surface area contributed by atoms with Crippen LogP contribution in [0.4, 0.5) is 13.2 Å². The second-order valence-electron chi connectivity index (χ2n) is 3.83. The fourth-order valence-electron chi connectivity index (χ4n) is 1.64. The molecule has 21 heavy (non-hydrogen) atoms. The average Bonchev–Trinajstić information content (AvgIpc) is 2.42. The highest BCUT2D eigenvalue weighted by atomic mass is 35.5. The topological polar surface area (TPSA) is 63.1 Å². The van der Waals surface area contributed by atoms with E-state index >= 15 is 0 Å². The van der Waals surface area contributed by atoms with Crippen molar-refractivity contribution in [2.45, 2.75) is 6.43 Å². The number of carbonyl (C=O) groups is 1. The first kappa shape index (κ1) is 15.5.